The lowest BCUT2D eigenvalue weighted by Crippen LogP contribution is -2.47. The summed E-state index contributed by atoms with van der Waals surface area (Å²) >= 11 is 0. The van der Waals surface area contributed by atoms with Gasteiger partial charge in [-0.05, 0) is 25.0 Å². The van der Waals surface area contributed by atoms with E-state index in [4.69, 9.17) is 4.42 Å². The molecule has 0 radical (unpaired) electrons. The fourth-order valence-electron chi connectivity index (χ4n) is 3.03. The molecular formula is C18H26N4O. The van der Waals surface area contributed by atoms with Gasteiger partial charge in [0.25, 0.3) is 0 Å². The highest BCUT2D eigenvalue weighted by Crippen LogP contribution is 2.23. The van der Waals surface area contributed by atoms with Gasteiger partial charge in [-0.25, -0.2) is 0 Å². The van der Waals surface area contributed by atoms with Crippen molar-refractivity contribution in [2.45, 2.75) is 33.2 Å². The number of piperazine rings is 1. The summed E-state index contributed by atoms with van der Waals surface area (Å²) in [4.78, 5) is 4.85. The van der Waals surface area contributed by atoms with E-state index in [0.717, 1.165) is 44.4 Å². The summed E-state index contributed by atoms with van der Waals surface area (Å²) in [5, 5.41) is 8.43. The first-order chi connectivity index (χ1) is 11.1. The van der Waals surface area contributed by atoms with Gasteiger partial charge in [0.2, 0.25) is 11.8 Å². The predicted molar refractivity (Wildman–Crippen MR) is 91.5 cm³/mol. The number of anilines is 1. The zero-order valence-corrected chi connectivity index (χ0v) is 14.3. The molecule has 0 aliphatic carbocycles. The lowest BCUT2D eigenvalue weighted by molar-refractivity contribution is 0.171. The van der Waals surface area contributed by atoms with Crippen molar-refractivity contribution in [3.05, 3.63) is 42.1 Å². The molecule has 1 aliphatic heterocycles. The summed E-state index contributed by atoms with van der Waals surface area (Å²) in [7, 11) is 0. The van der Waals surface area contributed by atoms with Crippen LogP contribution in [0.2, 0.25) is 0 Å². The molecule has 23 heavy (non-hydrogen) atoms. The molecule has 0 amide bonds. The number of para-hydroxylation sites is 1. The fourth-order valence-corrected chi connectivity index (χ4v) is 3.03. The summed E-state index contributed by atoms with van der Waals surface area (Å²) in [5.41, 5.74) is 1.30. The third-order valence-electron chi connectivity index (χ3n) is 4.41. The zero-order chi connectivity index (χ0) is 16.2. The van der Waals surface area contributed by atoms with E-state index in [2.05, 4.69) is 71.1 Å². The van der Waals surface area contributed by atoms with Crippen molar-refractivity contribution >= 4 is 5.69 Å². The molecule has 1 aromatic carbocycles. The quantitative estimate of drug-likeness (QED) is 0.848. The summed E-state index contributed by atoms with van der Waals surface area (Å²) in [6, 6.07) is 10.8. The van der Waals surface area contributed by atoms with Crippen molar-refractivity contribution in [2.75, 3.05) is 31.1 Å². The van der Waals surface area contributed by atoms with Crippen LogP contribution < -0.4 is 4.90 Å². The maximum atomic E-state index is 5.84. The third kappa shape index (κ3) is 3.91. The molecule has 1 saturated heterocycles. The molecule has 1 atom stereocenters. The molecule has 0 spiro atoms. The lowest BCUT2D eigenvalue weighted by Gasteiger charge is -2.38. The van der Waals surface area contributed by atoms with E-state index in [1.807, 2.05) is 0 Å². The van der Waals surface area contributed by atoms with E-state index < -0.39 is 0 Å². The number of benzene rings is 1. The Balaban J connectivity index is 1.57. The van der Waals surface area contributed by atoms with E-state index >= 15 is 0 Å². The minimum Gasteiger partial charge on any atom is -0.424 e. The van der Waals surface area contributed by atoms with Crippen LogP contribution in [-0.4, -0.2) is 41.3 Å². The van der Waals surface area contributed by atoms with E-state index in [1.165, 1.54) is 5.69 Å². The molecule has 124 valence electrons. The topological polar surface area (TPSA) is 45.4 Å². The number of hydrogen-bond donors (Lipinski definition) is 0. The molecule has 2 aromatic rings. The number of rotatable bonds is 5. The van der Waals surface area contributed by atoms with Gasteiger partial charge in [-0.2, -0.15) is 0 Å². The Morgan fingerprint density at radius 3 is 2.35 bits per heavy atom. The second kappa shape index (κ2) is 7.13. The highest BCUT2D eigenvalue weighted by Gasteiger charge is 2.25. The Hall–Kier alpha value is -1.88. The van der Waals surface area contributed by atoms with Gasteiger partial charge < -0.3 is 9.32 Å². The molecular weight excluding hydrogens is 288 g/mol. The minimum atomic E-state index is 0.182. The standard InChI is InChI=1S/C18H26N4O/c1-14(2)13-17-19-20-18(23-17)15(3)21-9-11-22(12-10-21)16-7-5-4-6-8-16/h4-8,14-15H,9-13H2,1-3H3/t15-/m1/s1. The maximum absolute atomic E-state index is 5.84. The van der Waals surface area contributed by atoms with Crippen LogP contribution >= 0.6 is 0 Å². The van der Waals surface area contributed by atoms with E-state index in [-0.39, 0.29) is 6.04 Å². The second-order valence-corrected chi connectivity index (χ2v) is 6.67. The first-order valence-electron chi connectivity index (χ1n) is 8.50. The normalized spacial score (nSPS) is 17.7. The van der Waals surface area contributed by atoms with Gasteiger partial charge in [0.05, 0.1) is 6.04 Å². The highest BCUT2D eigenvalue weighted by molar-refractivity contribution is 5.46. The number of nitrogens with zero attached hydrogens (tertiary/aromatic N) is 4. The van der Waals surface area contributed by atoms with Gasteiger partial charge in [0, 0.05) is 38.3 Å². The van der Waals surface area contributed by atoms with Gasteiger partial charge >= 0.3 is 0 Å². The van der Waals surface area contributed by atoms with E-state index in [1.54, 1.807) is 0 Å². The molecule has 2 heterocycles. The third-order valence-corrected chi connectivity index (χ3v) is 4.41. The average Bonchev–Trinajstić information content (AvgIpc) is 3.03. The molecule has 0 saturated carbocycles. The molecule has 5 heteroatoms. The van der Waals surface area contributed by atoms with Crippen molar-refractivity contribution in [2.24, 2.45) is 5.92 Å². The number of hydrogen-bond acceptors (Lipinski definition) is 5. The van der Waals surface area contributed by atoms with Crippen molar-refractivity contribution < 1.29 is 4.42 Å². The van der Waals surface area contributed by atoms with Gasteiger partial charge in [-0.15, -0.1) is 10.2 Å². The molecule has 0 unspecified atom stereocenters. The first kappa shape index (κ1) is 16.0. The second-order valence-electron chi connectivity index (χ2n) is 6.67. The zero-order valence-electron chi connectivity index (χ0n) is 14.3. The SMILES string of the molecule is CC(C)Cc1nnc([C@@H](C)N2CCN(c3ccccc3)CC2)o1. The van der Waals surface area contributed by atoms with Crippen LogP contribution in [0.5, 0.6) is 0 Å². The summed E-state index contributed by atoms with van der Waals surface area (Å²) in [5.74, 6) is 2.03. The smallest absolute Gasteiger partial charge is 0.233 e. The summed E-state index contributed by atoms with van der Waals surface area (Å²) in [6.45, 7) is 10.6. The first-order valence-corrected chi connectivity index (χ1v) is 8.50. The molecule has 5 nitrogen and oxygen atoms in total. The van der Waals surface area contributed by atoms with Gasteiger partial charge in [0.15, 0.2) is 0 Å². The van der Waals surface area contributed by atoms with E-state index in [0.29, 0.717) is 5.92 Å². The van der Waals surface area contributed by atoms with Crippen molar-refractivity contribution in [1.82, 2.24) is 15.1 Å². The molecule has 3 rings (SSSR count). The number of aromatic nitrogens is 2. The Morgan fingerprint density at radius 2 is 1.70 bits per heavy atom. The van der Waals surface area contributed by atoms with Crippen LogP contribution in [0.25, 0.3) is 0 Å². The van der Waals surface area contributed by atoms with Gasteiger partial charge in [-0.3, -0.25) is 4.90 Å². The molecule has 1 aromatic heterocycles. The minimum absolute atomic E-state index is 0.182. The lowest BCUT2D eigenvalue weighted by atomic mass is 10.1. The Morgan fingerprint density at radius 1 is 1.00 bits per heavy atom. The summed E-state index contributed by atoms with van der Waals surface area (Å²) < 4.78 is 5.84. The Labute approximate surface area is 138 Å². The largest absolute Gasteiger partial charge is 0.424 e. The predicted octanol–water partition coefficient (Wildman–Crippen LogP) is 3.15. The molecule has 1 aliphatic rings. The maximum Gasteiger partial charge on any atom is 0.233 e. The van der Waals surface area contributed by atoms with Crippen LogP contribution in [0.4, 0.5) is 5.69 Å². The summed E-state index contributed by atoms with van der Waals surface area (Å²) in [6.07, 6.45) is 0.849. The van der Waals surface area contributed by atoms with Crippen LogP contribution in [0.15, 0.2) is 34.7 Å². The average molecular weight is 314 g/mol. The van der Waals surface area contributed by atoms with Crippen LogP contribution in [-0.2, 0) is 6.42 Å². The van der Waals surface area contributed by atoms with Crippen LogP contribution in [0, 0.1) is 5.92 Å². The van der Waals surface area contributed by atoms with Crippen molar-refractivity contribution in [1.29, 1.82) is 0 Å². The van der Waals surface area contributed by atoms with Crippen molar-refractivity contribution in [3.63, 3.8) is 0 Å². The van der Waals surface area contributed by atoms with Crippen LogP contribution in [0.1, 0.15) is 38.6 Å². The fraction of sp³-hybridized carbons (Fsp3) is 0.556. The van der Waals surface area contributed by atoms with Gasteiger partial charge in [0.1, 0.15) is 0 Å². The molecule has 0 N–H and O–H groups in total. The van der Waals surface area contributed by atoms with Crippen LogP contribution in [0.3, 0.4) is 0 Å². The monoisotopic (exact) mass is 314 g/mol. The highest BCUT2D eigenvalue weighted by atomic mass is 16.4. The molecule has 0 bridgehead atoms. The van der Waals surface area contributed by atoms with Gasteiger partial charge in [-0.1, -0.05) is 32.0 Å². The Bertz CT molecular complexity index is 602. The molecule has 1 fully saturated rings. The van der Waals surface area contributed by atoms with Crippen molar-refractivity contribution in [3.8, 4) is 0 Å². The van der Waals surface area contributed by atoms with E-state index in [9.17, 15) is 0 Å². The Kier molecular flexibility index (Phi) is 4.96.